The largest absolute Gasteiger partial charge is 0.0928 e. The molecule has 0 saturated carbocycles. The fourth-order valence-corrected chi connectivity index (χ4v) is 3.71. The third kappa shape index (κ3) is 4.63. The summed E-state index contributed by atoms with van der Waals surface area (Å²) < 4.78 is 0. The first-order chi connectivity index (χ1) is 6.33. The number of halogens is 1. The van der Waals surface area contributed by atoms with Crippen molar-refractivity contribution in [3.05, 3.63) is 30.3 Å². The van der Waals surface area contributed by atoms with Crippen molar-refractivity contribution in [2.75, 3.05) is 5.33 Å². The molecule has 0 unspecified atom stereocenters. The van der Waals surface area contributed by atoms with E-state index in [1.54, 1.807) is 5.19 Å². The van der Waals surface area contributed by atoms with Crippen LogP contribution in [0.15, 0.2) is 30.3 Å². The standard InChI is InChI=1S/C11H17BrSi/c1-10(6-5-9-12)13-11-7-3-2-4-8-11/h2-4,7-8,10H,5-6,9,13H2,1H3/t10-/m0/s1. The Hall–Kier alpha value is -0.0831. The molecule has 0 spiro atoms. The smallest absolute Gasteiger partial charge is 0.0575 e. The first-order valence-corrected chi connectivity index (χ1v) is 7.57. The first kappa shape index (κ1) is 11.0. The van der Waals surface area contributed by atoms with Crippen molar-refractivity contribution in [1.29, 1.82) is 0 Å². The number of hydrogen-bond acceptors (Lipinski definition) is 0. The molecule has 0 radical (unpaired) electrons. The molecule has 72 valence electrons. The van der Waals surface area contributed by atoms with Gasteiger partial charge >= 0.3 is 0 Å². The zero-order valence-corrected chi connectivity index (χ0v) is 11.2. The van der Waals surface area contributed by atoms with Gasteiger partial charge in [-0.1, -0.05) is 64.8 Å². The molecule has 1 aromatic rings. The quantitative estimate of drug-likeness (QED) is 0.561. The molecular weight excluding hydrogens is 240 g/mol. The highest BCUT2D eigenvalue weighted by molar-refractivity contribution is 9.09. The predicted molar refractivity (Wildman–Crippen MR) is 67.1 cm³/mol. The Morgan fingerprint density at radius 2 is 2.00 bits per heavy atom. The second kappa shape index (κ2) is 6.38. The van der Waals surface area contributed by atoms with Crippen LogP contribution in [0, 0.1) is 0 Å². The van der Waals surface area contributed by atoms with E-state index in [-0.39, 0.29) is 9.52 Å². The van der Waals surface area contributed by atoms with Gasteiger partial charge in [0.2, 0.25) is 0 Å². The molecule has 0 nitrogen and oxygen atoms in total. The van der Waals surface area contributed by atoms with Gasteiger partial charge in [0.1, 0.15) is 0 Å². The van der Waals surface area contributed by atoms with Crippen molar-refractivity contribution in [2.45, 2.75) is 25.3 Å². The lowest BCUT2D eigenvalue weighted by molar-refractivity contribution is 0.774. The summed E-state index contributed by atoms with van der Waals surface area (Å²) >= 11 is 3.48. The summed E-state index contributed by atoms with van der Waals surface area (Å²) in [7, 11) is -0.0282. The van der Waals surface area contributed by atoms with Crippen LogP contribution in [0.4, 0.5) is 0 Å². The molecule has 13 heavy (non-hydrogen) atoms. The highest BCUT2D eigenvalue weighted by atomic mass is 79.9. The van der Waals surface area contributed by atoms with Gasteiger partial charge < -0.3 is 0 Å². The monoisotopic (exact) mass is 256 g/mol. The maximum atomic E-state index is 3.48. The van der Waals surface area contributed by atoms with Gasteiger partial charge in [0.05, 0.1) is 9.52 Å². The zero-order chi connectivity index (χ0) is 9.52. The van der Waals surface area contributed by atoms with E-state index in [1.807, 2.05) is 0 Å². The van der Waals surface area contributed by atoms with Crippen LogP contribution in [0.1, 0.15) is 19.8 Å². The summed E-state index contributed by atoms with van der Waals surface area (Å²) in [4.78, 5) is 0. The molecule has 0 aromatic heterocycles. The molecule has 0 aliphatic carbocycles. The fraction of sp³-hybridized carbons (Fsp3) is 0.455. The van der Waals surface area contributed by atoms with Crippen molar-refractivity contribution in [3.8, 4) is 0 Å². The van der Waals surface area contributed by atoms with Gasteiger partial charge in [-0.15, -0.1) is 0 Å². The van der Waals surface area contributed by atoms with Crippen LogP contribution >= 0.6 is 15.9 Å². The summed E-state index contributed by atoms with van der Waals surface area (Å²) in [5.74, 6) is 0. The summed E-state index contributed by atoms with van der Waals surface area (Å²) in [5.41, 5.74) is 0.944. The van der Waals surface area contributed by atoms with Crippen molar-refractivity contribution < 1.29 is 0 Å². The van der Waals surface area contributed by atoms with E-state index >= 15 is 0 Å². The number of benzene rings is 1. The van der Waals surface area contributed by atoms with Crippen LogP contribution in [-0.4, -0.2) is 14.8 Å². The Labute approximate surface area is 91.7 Å². The van der Waals surface area contributed by atoms with Gasteiger partial charge in [0.25, 0.3) is 0 Å². The molecule has 1 aromatic carbocycles. The van der Waals surface area contributed by atoms with E-state index in [4.69, 9.17) is 0 Å². The SMILES string of the molecule is C[C@@H](CCCBr)[SiH2]c1ccccc1. The third-order valence-corrected chi connectivity index (χ3v) is 4.87. The van der Waals surface area contributed by atoms with E-state index in [1.165, 1.54) is 12.8 Å². The molecule has 1 rings (SSSR count). The molecule has 0 heterocycles. The molecule has 0 bridgehead atoms. The summed E-state index contributed by atoms with van der Waals surface area (Å²) in [6.07, 6.45) is 2.70. The zero-order valence-electron chi connectivity index (χ0n) is 8.17. The van der Waals surface area contributed by atoms with Crippen molar-refractivity contribution in [3.63, 3.8) is 0 Å². The Kier molecular flexibility index (Phi) is 5.40. The minimum absolute atomic E-state index is 0.0282. The van der Waals surface area contributed by atoms with Crippen molar-refractivity contribution in [2.24, 2.45) is 0 Å². The third-order valence-electron chi connectivity index (χ3n) is 2.26. The predicted octanol–water partition coefficient (Wildman–Crippen LogP) is 2.46. The van der Waals surface area contributed by atoms with Crippen LogP contribution in [0.5, 0.6) is 0 Å². The molecule has 0 aliphatic rings. The van der Waals surface area contributed by atoms with Gasteiger partial charge in [-0.25, -0.2) is 0 Å². The van der Waals surface area contributed by atoms with Gasteiger partial charge in [-0.05, 0) is 12.0 Å². The molecule has 0 N–H and O–H groups in total. The first-order valence-electron chi connectivity index (χ1n) is 4.93. The highest BCUT2D eigenvalue weighted by Gasteiger charge is 2.03. The molecule has 0 aliphatic heterocycles. The molecular formula is C11H17BrSi. The summed E-state index contributed by atoms with van der Waals surface area (Å²) in [5, 5.41) is 2.75. The number of rotatable bonds is 5. The Morgan fingerprint density at radius 1 is 1.31 bits per heavy atom. The molecule has 0 amide bonds. The minimum Gasteiger partial charge on any atom is -0.0928 e. The van der Waals surface area contributed by atoms with Crippen LogP contribution in [0.25, 0.3) is 0 Å². The van der Waals surface area contributed by atoms with Crippen molar-refractivity contribution >= 4 is 30.6 Å². The van der Waals surface area contributed by atoms with Crippen LogP contribution in [0.2, 0.25) is 5.54 Å². The van der Waals surface area contributed by atoms with Crippen LogP contribution in [0.3, 0.4) is 0 Å². The minimum atomic E-state index is -0.0282. The summed E-state index contributed by atoms with van der Waals surface area (Å²) in [6, 6.07) is 11.0. The van der Waals surface area contributed by atoms with Crippen molar-refractivity contribution in [1.82, 2.24) is 0 Å². The van der Waals surface area contributed by atoms with Gasteiger partial charge in [-0.2, -0.15) is 0 Å². The normalized spacial score (nSPS) is 13.7. The molecule has 0 saturated heterocycles. The fourth-order valence-electron chi connectivity index (χ4n) is 1.54. The maximum absolute atomic E-state index is 3.48. The topological polar surface area (TPSA) is 0 Å². The molecule has 1 atom stereocenters. The van der Waals surface area contributed by atoms with Gasteiger partial charge in [0, 0.05) is 5.33 Å². The lowest BCUT2D eigenvalue weighted by atomic mass is 10.3. The second-order valence-corrected chi connectivity index (χ2v) is 7.04. The van der Waals surface area contributed by atoms with Crippen LogP contribution < -0.4 is 5.19 Å². The molecule has 2 heteroatoms. The summed E-state index contributed by atoms with van der Waals surface area (Å²) in [6.45, 7) is 2.39. The lowest BCUT2D eigenvalue weighted by Gasteiger charge is -2.08. The Balaban J connectivity index is 2.32. The van der Waals surface area contributed by atoms with E-state index < -0.39 is 0 Å². The highest BCUT2D eigenvalue weighted by Crippen LogP contribution is 2.11. The van der Waals surface area contributed by atoms with Gasteiger partial charge in [-0.3, -0.25) is 0 Å². The average Bonchev–Trinajstić information content (AvgIpc) is 2.16. The molecule has 0 fully saturated rings. The van der Waals surface area contributed by atoms with Crippen LogP contribution in [-0.2, 0) is 0 Å². The second-order valence-electron chi connectivity index (χ2n) is 3.63. The van der Waals surface area contributed by atoms with Gasteiger partial charge in [0.15, 0.2) is 0 Å². The lowest BCUT2D eigenvalue weighted by Crippen LogP contribution is -2.17. The Bertz CT molecular complexity index is 223. The average molecular weight is 257 g/mol. The van der Waals surface area contributed by atoms with E-state index in [0.717, 1.165) is 10.9 Å². The Morgan fingerprint density at radius 3 is 2.62 bits per heavy atom. The van der Waals surface area contributed by atoms with E-state index in [0.29, 0.717) is 0 Å². The van der Waals surface area contributed by atoms with E-state index in [2.05, 4.69) is 53.2 Å². The number of hydrogen-bond donors (Lipinski definition) is 0. The number of alkyl halides is 1. The maximum Gasteiger partial charge on any atom is 0.0575 e. The van der Waals surface area contributed by atoms with E-state index in [9.17, 15) is 0 Å².